The van der Waals surface area contributed by atoms with Gasteiger partial charge in [-0.1, -0.05) is 32.0 Å². The van der Waals surface area contributed by atoms with Gasteiger partial charge in [-0.05, 0) is 62.1 Å². The van der Waals surface area contributed by atoms with Gasteiger partial charge in [-0.2, -0.15) is 10.2 Å². The maximum absolute atomic E-state index is 12.9. The molecule has 202 valence electrons. The van der Waals surface area contributed by atoms with E-state index in [2.05, 4.69) is 58.9 Å². The summed E-state index contributed by atoms with van der Waals surface area (Å²) in [6, 6.07) is 10.5. The number of likely N-dealkylation sites (tertiary alicyclic amines) is 1. The van der Waals surface area contributed by atoms with E-state index in [-0.39, 0.29) is 23.8 Å². The first kappa shape index (κ1) is 26.0. The Morgan fingerprint density at radius 2 is 1.97 bits per heavy atom. The van der Waals surface area contributed by atoms with Crippen LogP contribution in [-0.2, 0) is 17.8 Å². The third-order valence-electron chi connectivity index (χ3n) is 7.85. The van der Waals surface area contributed by atoms with Gasteiger partial charge in [-0.3, -0.25) is 19.0 Å². The molecule has 0 aliphatic carbocycles. The number of hydrogen-bond acceptors (Lipinski definition) is 5. The fourth-order valence-corrected chi connectivity index (χ4v) is 5.52. The van der Waals surface area contributed by atoms with Crippen LogP contribution in [0.2, 0.25) is 0 Å². The monoisotopic (exact) mass is 517 g/mol. The number of fused-ring (bicyclic) bond motifs is 1. The molecule has 2 aliphatic rings. The number of nitrogens with one attached hydrogen (secondary N) is 2. The minimum absolute atomic E-state index is 0.178. The number of aromatic nitrogens is 4. The van der Waals surface area contributed by atoms with Gasteiger partial charge in [0.1, 0.15) is 5.69 Å². The van der Waals surface area contributed by atoms with E-state index >= 15 is 0 Å². The Hall–Kier alpha value is -3.62. The first-order valence-electron chi connectivity index (χ1n) is 13.9. The highest BCUT2D eigenvalue weighted by Gasteiger charge is 2.26. The van der Waals surface area contributed by atoms with Crippen molar-refractivity contribution in [1.82, 2.24) is 24.5 Å². The van der Waals surface area contributed by atoms with Crippen LogP contribution < -0.4 is 10.6 Å². The van der Waals surface area contributed by atoms with Gasteiger partial charge in [0.15, 0.2) is 0 Å². The van der Waals surface area contributed by atoms with E-state index in [4.69, 9.17) is 0 Å². The fraction of sp³-hybridized carbons (Fsp3) is 0.517. The molecule has 0 spiro atoms. The number of rotatable bonds is 8. The lowest BCUT2D eigenvalue weighted by atomic mass is 9.90. The van der Waals surface area contributed by atoms with E-state index in [1.165, 1.54) is 11.3 Å². The Labute approximate surface area is 224 Å². The van der Waals surface area contributed by atoms with Crippen molar-refractivity contribution in [2.45, 2.75) is 71.4 Å². The first-order valence-corrected chi connectivity index (χ1v) is 13.9. The number of aryl methyl sites for hydroxylation is 1. The molecule has 9 heteroatoms. The van der Waals surface area contributed by atoms with Crippen molar-refractivity contribution < 1.29 is 9.59 Å². The van der Waals surface area contributed by atoms with Crippen LogP contribution in [0.5, 0.6) is 0 Å². The van der Waals surface area contributed by atoms with Crippen molar-refractivity contribution in [3.05, 3.63) is 59.7 Å². The van der Waals surface area contributed by atoms with Crippen molar-refractivity contribution in [2.75, 3.05) is 30.3 Å². The zero-order valence-corrected chi connectivity index (χ0v) is 22.7. The summed E-state index contributed by atoms with van der Waals surface area (Å²) in [6.07, 6.45) is 7.86. The number of anilines is 2. The zero-order chi connectivity index (χ0) is 26.6. The molecule has 4 heterocycles. The van der Waals surface area contributed by atoms with Crippen molar-refractivity contribution in [3.63, 3.8) is 0 Å². The van der Waals surface area contributed by atoms with Crippen molar-refractivity contribution in [3.8, 4) is 0 Å². The molecule has 2 aliphatic heterocycles. The van der Waals surface area contributed by atoms with E-state index < -0.39 is 0 Å². The molecule has 9 nitrogen and oxygen atoms in total. The summed E-state index contributed by atoms with van der Waals surface area (Å²) in [5, 5.41) is 15.5. The summed E-state index contributed by atoms with van der Waals surface area (Å²) in [6.45, 7) is 9.17. The summed E-state index contributed by atoms with van der Waals surface area (Å²) in [5.74, 6) is 0.834. The van der Waals surface area contributed by atoms with E-state index in [9.17, 15) is 9.59 Å². The van der Waals surface area contributed by atoms with Gasteiger partial charge in [-0.25, -0.2) is 0 Å². The normalized spacial score (nSPS) is 17.8. The summed E-state index contributed by atoms with van der Waals surface area (Å²) in [4.78, 5) is 27.8. The number of amides is 2. The second-order valence-corrected chi connectivity index (χ2v) is 10.8. The molecule has 3 aromatic rings. The minimum atomic E-state index is -0.178. The lowest BCUT2D eigenvalue weighted by molar-refractivity contribution is -0.132. The van der Waals surface area contributed by atoms with E-state index in [1.54, 1.807) is 10.9 Å². The molecule has 1 aromatic carbocycles. The number of carbonyl (C=O) groups is 2. The molecular weight excluding hydrogens is 478 g/mol. The van der Waals surface area contributed by atoms with E-state index in [0.29, 0.717) is 30.3 Å². The Morgan fingerprint density at radius 1 is 1.18 bits per heavy atom. The third kappa shape index (κ3) is 5.76. The molecule has 2 aromatic heterocycles. The molecule has 0 saturated carbocycles. The maximum Gasteiger partial charge on any atom is 0.274 e. The Morgan fingerprint density at radius 3 is 2.74 bits per heavy atom. The lowest BCUT2D eigenvalue weighted by Gasteiger charge is -2.33. The predicted molar refractivity (Wildman–Crippen MR) is 148 cm³/mol. The smallest absolute Gasteiger partial charge is 0.274 e. The van der Waals surface area contributed by atoms with Gasteiger partial charge < -0.3 is 15.5 Å². The van der Waals surface area contributed by atoms with E-state index in [0.717, 1.165) is 51.0 Å². The summed E-state index contributed by atoms with van der Waals surface area (Å²) in [5.41, 5.74) is 4.72. The molecule has 0 bridgehead atoms. The molecule has 1 unspecified atom stereocenters. The van der Waals surface area contributed by atoms with Crippen LogP contribution >= 0.6 is 0 Å². The van der Waals surface area contributed by atoms with Crippen LogP contribution in [0, 0.1) is 5.92 Å². The second-order valence-electron chi connectivity index (χ2n) is 10.8. The topological polar surface area (TPSA) is 97.1 Å². The SMILES string of the molecule is CCn1nc(C(C)C)cc1C(=O)Nc1cnn(C2CCN(C(=O)CCC3CNc4ccccc4C3)CC2)c1. The molecule has 1 fully saturated rings. The fourth-order valence-electron chi connectivity index (χ4n) is 5.52. The van der Waals surface area contributed by atoms with Crippen LogP contribution in [0.3, 0.4) is 0 Å². The van der Waals surface area contributed by atoms with Crippen molar-refractivity contribution >= 4 is 23.2 Å². The van der Waals surface area contributed by atoms with Gasteiger partial charge in [0, 0.05) is 44.5 Å². The summed E-state index contributed by atoms with van der Waals surface area (Å²) >= 11 is 0. The molecule has 2 N–H and O–H groups in total. The van der Waals surface area contributed by atoms with Gasteiger partial charge >= 0.3 is 0 Å². The molecule has 38 heavy (non-hydrogen) atoms. The molecule has 2 amide bonds. The summed E-state index contributed by atoms with van der Waals surface area (Å²) in [7, 11) is 0. The third-order valence-corrected chi connectivity index (χ3v) is 7.85. The number of carbonyl (C=O) groups excluding carboxylic acids is 2. The van der Waals surface area contributed by atoms with Crippen molar-refractivity contribution in [1.29, 1.82) is 0 Å². The zero-order valence-electron chi connectivity index (χ0n) is 22.7. The molecule has 0 radical (unpaired) electrons. The van der Waals surface area contributed by atoms with Gasteiger partial charge in [0.25, 0.3) is 5.91 Å². The number of nitrogens with zero attached hydrogens (tertiary/aromatic N) is 5. The highest BCUT2D eigenvalue weighted by atomic mass is 16.2. The standard InChI is InChI=1S/C29H39N7O2/c1-4-35-27(16-26(33-35)20(2)3)29(38)32-23-18-31-36(19-23)24-11-13-34(14-12-24)28(37)10-9-21-15-22-7-5-6-8-25(22)30-17-21/h5-8,16,18-21,24,30H,4,9-15,17H2,1-3H3,(H,32,38). The average Bonchev–Trinajstić information content (AvgIpc) is 3.59. The lowest BCUT2D eigenvalue weighted by Crippen LogP contribution is -2.39. The van der Waals surface area contributed by atoms with Crippen LogP contribution in [0.1, 0.15) is 80.2 Å². The second kappa shape index (κ2) is 11.4. The molecule has 1 saturated heterocycles. The molecule has 1 atom stereocenters. The van der Waals surface area contributed by atoms with Crippen LogP contribution in [0.15, 0.2) is 42.7 Å². The average molecular weight is 518 g/mol. The van der Waals surface area contributed by atoms with E-state index in [1.807, 2.05) is 28.8 Å². The highest BCUT2D eigenvalue weighted by Crippen LogP contribution is 2.28. The van der Waals surface area contributed by atoms with Crippen LogP contribution in [0.25, 0.3) is 0 Å². The number of piperidine rings is 1. The Kier molecular flexibility index (Phi) is 7.81. The first-order chi connectivity index (χ1) is 18.4. The van der Waals surface area contributed by atoms with Crippen molar-refractivity contribution in [2.24, 2.45) is 5.92 Å². The molecular formula is C29H39N7O2. The van der Waals surface area contributed by atoms with Gasteiger partial charge in [0.05, 0.1) is 23.6 Å². The number of benzene rings is 1. The maximum atomic E-state index is 12.9. The Balaban J connectivity index is 1.09. The molecule has 5 rings (SSSR count). The Bertz CT molecular complexity index is 1270. The number of hydrogen-bond donors (Lipinski definition) is 2. The number of para-hydroxylation sites is 1. The van der Waals surface area contributed by atoms with Gasteiger partial charge in [-0.15, -0.1) is 0 Å². The highest BCUT2D eigenvalue weighted by molar-refractivity contribution is 6.03. The largest absolute Gasteiger partial charge is 0.385 e. The van der Waals surface area contributed by atoms with Gasteiger partial charge in [0.2, 0.25) is 5.91 Å². The van der Waals surface area contributed by atoms with Crippen LogP contribution in [0.4, 0.5) is 11.4 Å². The quantitative estimate of drug-likeness (QED) is 0.451. The summed E-state index contributed by atoms with van der Waals surface area (Å²) < 4.78 is 3.67. The minimum Gasteiger partial charge on any atom is -0.385 e. The van der Waals surface area contributed by atoms with Crippen LogP contribution in [-0.4, -0.2) is 55.9 Å². The predicted octanol–water partition coefficient (Wildman–Crippen LogP) is 4.70.